The monoisotopic (exact) mass is 583 g/mol. The number of terminal acetylenes is 1. The van der Waals surface area contributed by atoms with Gasteiger partial charge in [-0.2, -0.15) is 0 Å². The highest BCUT2D eigenvalue weighted by atomic mass is 16.6. The number of allylic oxidation sites excluding steroid dienone is 4. The SMILES string of the molecule is C#CCNC1=C2C[C@@H](C)C[C@H](OC)[C@H](O)[C@@H](C)/C=C(\C)[C@H](OC(N)=O)C(OC)/C=C\C=C(/C)C(=O)NC(=CC1=O)C2=O. The van der Waals surface area contributed by atoms with Crippen molar-refractivity contribution >= 4 is 23.6 Å². The van der Waals surface area contributed by atoms with Gasteiger partial charge in [0.05, 0.1) is 30.1 Å². The molecule has 0 spiro atoms. The van der Waals surface area contributed by atoms with Crippen LogP contribution in [0.15, 0.2) is 58.5 Å². The summed E-state index contributed by atoms with van der Waals surface area (Å²) in [5, 5.41) is 16.6. The minimum absolute atomic E-state index is 0.0293. The first-order valence-electron chi connectivity index (χ1n) is 13.6. The fourth-order valence-corrected chi connectivity index (χ4v) is 4.92. The zero-order valence-electron chi connectivity index (χ0n) is 24.9. The highest BCUT2D eigenvalue weighted by molar-refractivity contribution is 6.23. The smallest absolute Gasteiger partial charge is 0.405 e. The highest BCUT2D eigenvalue weighted by Crippen LogP contribution is 2.28. The molecule has 1 aliphatic carbocycles. The molecule has 11 nitrogen and oxygen atoms in total. The molecule has 2 rings (SSSR count). The van der Waals surface area contributed by atoms with Gasteiger partial charge in [-0.3, -0.25) is 14.4 Å². The number of ether oxygens (including phenoxy) is 3. The fraction of sp³-hybridized carbons (Fsp3) is 0.484. The van der Waals surface area contributed by atoms with E-state index in [9.17, 15) is 24.3 Å². The number of ketones is 2. The van der Waals surface area contributed by atoms with Crippen LogP contribution in [0.1, 0.15) is 40.5 Å². The Hall–Kier alpha value is -3.98. The van der Waals surface area contributed by atoms with Gasteiger partial charge in [-0.15, -0.1) is 6.42 Å². The Morgan fingerprint density at radius 2 is 1.90 bits per heavy atom. The zero-order valence-corrected chi connectivity index (χ0v) is 24.9. The van der Waals surface area contributed by atoms with Crippen LogP contribution in [-0.4, -0.2) is 73.9 Å². The van der Waals surface area contributed by atoms with Gasteiger partial charge in [0.25, 0.3) is 5.91 Å². The van der Waals surface area contributed by atoms with Gasteiger partial charge in [-0.05, 0) is 38.2 Å². The molecule has 228 valence electrons. The molecule has 2 aliphatic rings. The predicted molar refractivity (Wildman–Crippen MR) is 156 cm³/mol. The molecule has 0 aromatic heterocycles. The van der Waals surface area contributed by atoms with E-state index < -0.39 is 53.9 Å². The second-order valence-corrected chi connectivity index (χ2v) is 10.5. The summed E-state index contributed by atoms with van der Waals surface area (Å²) in [5.41, 5.74) is 6.25. The number of carbonyl (C=O) groups excluding carboxylic acids is 4. The van der Waals surface area contributed by atoms with E-state index in [1.807, 2.05) is 6.92 Å². The van der Waals surface area contributed by atoms with Crippen LogP contribution in [0.25, 0.3) is 0 Å². The third kappa shape index (κ3) is 9.01. The van der Waals surface area contributed by atoms with E-state index in [-0.39, 0.29) is 41.4 Å². The van der Waals surface area contributed by atoms with Gasteiger partial charge in [0.15, 0.2) is 6.10 Å². The predicted octanol–water partition coefficient (Wildman–Crippen LogP) is 1.98. The van der Waals surface area contributed by atoms with Crippen LogP contribution in [-0.2, 0) is 28.6 Å². The number of nitrogens with two attached hydrogens (primary N) is 1. The molecular weight excluding hydrogens is 542 g/mol. The van der Waals surface area contributed by atoms with Crippen LogP contribution in [0.3, 0.4) is 0 Å². The van der Waals surface area contributed by atoms with Crippen molar-refractivity contribution < 1.29 is 38.5 Å². The molecule has 0 aromatic rings. The van der Waals surface area contributed by atoms with Gasteiger partial charge in [-0.25, -0.2) is 4.79 Å². The summed E-state index contributed by atoms with van der Waals surface area (Å²) in [6.07, 6.45) is 8.96. The number of aliphatic hydroxyl groups is 1. The maximum atomic E-state index is 13.5. The Kier molecular flexibility index (Phi) is 12.9. The summed E-state index contributed by atoms with van der Waals surface area (Å²) in [6, 6.07) is 0. The molecule has 5 N–H and O–H groups in total. The first kappa shape index (κ1) is 34.2. The van der Waals surface area contributed by atoms with Gasteiger partial charge in [-0.1, -0.05) is 44.1 Å². The van der Waals surface area contributed by atoms with Crippen molar-refractivity contribution in [3.63, 3.8) is 0 Å². The molecule has 1 unspecified atom stereocenters. The maximum Gasteiger partial charge on any atom is 0.405 e. The zero-order chi connectivity index (χ0) is 31.6. The molecule has 0 saturated carbocycles. The molecule has 0 saturated heterocycles. The molecule has 11 heteroatoms. The molecule has 0 aromatic carbocycles. The molecule has 42 heavy (non-hydrogen) atoms. The quantitative estimate of drug-likeness (QED) is 0.215. The number of nitrogens with one attached hydrogen (secondary N) is 2. The second kappa shape index (κ2) is 15.9. The van der Waals surface area contributed by atoms with Gasteiger partial charge < -0.3 is 35.7 Å². The summed E-state index contributed by atoms with van der Waals surface area (Å²) in [6.45, 7) is 6.95. The lowest BCUT2D eigenvalue weighted by molar-refractivity contribution is -0.120. The number of amides is 2. The van der Waals surface area contributed by atoms with Crippen LogP contribution in [0, 0.1) is 24.2 Å². The van der Waals surface area contributed by atoms with E-state index in [2.05, 4.69) is 16.6 Å². The molecule has 0 fully saturated rings. The number of carbonyl (C=O) groups is 4. The van der Waals surface area contributed by atoms with Crippen molar-refractivity contribution in [3.8, 4) is 12.3 Å². The average Bonchev–Trinajstić information content (AvgIpc) is 2.94. The van der Waals surface area contributed by atoms with Crippen molar-refractivity contribution in [2.45, 2.75) is 65.0 Å². The lowest BCUT2D eigenvalue weighted by Crippen LogP contribution is -2.38. The molecule has 0 radical (unpaired) electrons. The van der Waals surface area contributed by atoms with Crippen LogP contribution < -0.4 is 16.4 Å². The first-order valence-corrected chi connectivity index (χ1v) is 13.6. The molecule has 1 aliphatic heterocycles. The largest absolute Gasteiger partial charge is 0.439 e. The Morgan fingerprint density at radius 1 is 1.21 bits per heavy atom. The number of primary amides is 1. The molecule has 6 atom stereocenters. The number of aliphatic hydroxyl groups excluding tert-OH is 1. The van der Waals surface area contributed by atoms with E-state index in [1.54, 1.807) is 26.0 Å². The van der Waals surface area contributed by atoms with E-state index in [1.165, 1.54) is 33.3 Å². The van der Waals surface area contributed by atoms with Crippen molar-refractivity contribution in [3.05, 3.63) is 58.5 Å². The Bertz CT molecular complexity index is 1250. The number of fused-ring (bicyclic) bond motifs is 2. The third-order valence-corrected chi connectivity index (χ3v) is 7.16. The van der Waals surface area contributed by atoms with Crippen molar-refractivity contribution in [1.82, 2.24) is 10.6 Å². The van der Waals surface area contributed by atoms with Gasteiger partial charge in [0.1, 0.15) is 6.10 Å². The fourth-order valence-electron chi connectivity index (χ4n) is 4.92. The van der Waals surface area contributed by atoms with Crippen molar-refractivity contribution in [2.75, 3.05) is 20.8 Å². The molecule has 2 bridgehead atoms. The van der Waals surface area contributed by atoms with Gasteiger partial charge in [0, 0.05) is 37.4 Å². The minimum atomic E-state index is -1.01. The summed E-state index contributed by atoms with van der Waals surface area (Å²) >= 11 is 0. The number of hydrogen-bond donors (Lipinski definition) is 4. The summed E-state index contributed by atoms with van der Waals surface area (Å²) < 4.78 is 16.5. The van der Waals surface area contributed by atoms with E-state index in [0.29, 0.717) is 12.0 Å². The number of hydrogen-bond acceptors (Lipinski definition) is 9. The third-order valence-electron chi connectivity index (χ3n) is 7.16. The maximum absolute atomic E-state index is 13.5. The van der Waals surface area contributed by atoms with Gasteiger partial charge in [0.2, 0.25) is 11.6 Å². The van der Waals surface area contributed by atoms with Crippen LogP contribution in [0.5, 0.6) is 0 Å². The molecular formula is C31H41N3O8. The molecule has 2 amide bonds. The van der Waals surface area contributed by atoms with Crippen LogP contribution in [0.4, 0.5) is 4.79 Å². The minimum Gasteiger partial charge on any atom is -0.439 e. The Morgan fingerprint density at radius 3 is 2.50 bits per heavy atom. The summed E-state index contributed by atoms with van der Waals surface area (Å²) in [7, 11) is 2.90. The average molecular weight is 584 g/mol. The lowest BCUT2D eigenvalue weighted by Gasteiger charge is -2.30. The first-order chi connectivity index (χ1) is 19.8. The van der Waals surface area contributed by atoms with Crippen molar-refractivity contribution in [2.24, 2.45) is 17.6 Å². The lowest BCUT2D eigenvalue weighted by atomic mass is 9.85. The Labute approximate surface area is 246 Å². The molecule has 1 heterocycles. The second-order valence-electron chi connectivity index (χ2n) is 10.5. The van der Waals surface area contributed by atoms with Crippen molar-refractivity contribution in [1.29, 1.82) is 0 Å². The standard InChI is InChI=1S/C31H41N3O8/c1-8-12-33-26-21-13-17(2)14-25(41-7)27(36)19(4)15-20(5)29(42-31(32)39)24(40-6)11-9-10-18(3)30(38)34-22(28(21)37)16-23(26)35/h1,9-11,15-17,19,24-25,27,29,33,36H,12-14H2,2-7H3,(H2,32,39)(H,34,38)/b11-9-,18-10+,20-15+/t17-,19+,24?,25+,27-,29+/m1/s1. The highest BCUT2D eigenvalue weighted by Gasteiger charge is 2.33. The summed E-state index contributed by atoms with van der Waals surface area (Å²) in [5.74, 6) is 0.118. The number of methoxy groups -OCH3 is 2. The van der Waals surface area contributed by atoms with E-state index in [4.69, 9.17) is 26.4 Å². The normalized spacial score (nSPS) is 31.5. The number of Topliss-reactive ketones (excluding diaryl/α,β-unsaturated/α-hetero) is 1. The Balaban J connectivity index is 2.62. The number of rotatable bonds is 5. The summed E-state index contributed by atoms with van der Waals surface area (Å²) in [4.78, 5) is 51.2. The van der Waals surface area contributed by atoms with E-state index >= 15 is 0 Å². The topological polar surface area (TPSA) is 166 Å². The van der Waals surface area contributed by atoms with Gasteiger partial charge >= 0.3 is 6.09 Å². The van der Waals surface area contributed by atoms with E-state index in [0.717, 1.165) is 6.08 Å². The van der Waals surface area contributed by atoms with Crippen LogP contribution in [0.2, 0.25) is 0 Å². The van der Waals surface area contributed by atoms with Crippen LogP contribution >= 0.6 is 0 Å².